The summed E-state index contributed by atoms with van der Waals surface area (Å²) in [6, 6.07) is 0.161. The smallest absolute Gasteiger partial charge is 0.257 e. The zero-order chi connectivity index (χ0) is 11.7. The molecule has 0 N–H and O–H groups in total. The quantitative estimate of drug-likeness (QED) is 0.737. The number of nitrogens with zero attached hydrogens (tertiary/aromatic N) is 3. The Balaban J connectivity index is 2.16. The van der Waals surface area contributed by atoms with Gasteiger partial charge >= 0.3 is 0 Å². The van der Waals surface area contributed by atoms with Gasteiger partial charge in [0, 0.05) is 31.7 Å². The Morgan fingerprint density at radius 3 is 3.00 bits per heavy atom. The largest absolute Gasteiger partial charge is 0.334 e. The Labute approximate surface area is 100 Å². The van der Waals surface area contributed by atoms with Gasteiger partial charge in [-0.1, -0.05) is 6.92 Å². The van der Waals surface area contributed by atoms with Crippen molar-refractivity contribution in [2.24, 2.45) is 13.0 Å². The minimum absolute atomic E-state index is 0.0445. The Bertz CT molecular complexity index is 390. The van der Waals surface area contributed by atoms with Gasteiger partial charge in [-0.05, 0) is 12.3 Å². The fraction of sp³-hybridized carbons (Fsp3) is 0.636. The summed E-state index contributed by atoms with van der Waals surface area (Å²) in [5.74, 6) is 1.04. The van der Waals surface area contributed by atoms with E-state index < -0.39 is 0 Å². The number of aryl methyl sites for hydroxylation is 1. The van der Waals surface area contributed by atoms with Crippen molar-refractivity contribution in [2.75, 3.05) is 12.4 Å². The number of hydrogen-bond acceptors (Lipinski definition) is 2. The topological polar surface area (TPSA) is 38.1 Å². The summed E-state index contributed by atoms with van der Waals surface area (Å²) >= 11 is 5.92. The molecule has 1 amide bonds. The van der Waals surface area contributed by atoms with Gasteiger partial charge in [-0.3, -0.25) is 9.48 Å². The first kappa shape index (κ1) is 11.5. The van der Waals surface area contributed by atoms with Gasteiger partial charge in [0.25, 0.3) is 5.91 Å². The molecular weight excluding hydrogens is 226 g/mol. The molecule has 0 saturated carbocycles. The van der Waals surface area contributed by atoms with E-state index in [1.165, 1.54) is 0 Å². The van der Waals surface area contributed by atoms with E-state index in [9.17, 15) is 4.79 Å². The number of amides is 1. The van der Waals surface area contributed by atoms with Crippen molar-refractivity contribution in [3.05, 3.63) is 18.0 Å². The maximum atomic E-state index is 12.2. The number of aromatic nitrogens is 2. The maximum Gasteiger partial charge on any atom is 0.257 e. The molecule has 1 aromatic rings. The summed E-state index contributed by atoms with van der Waals surface area (Å²) in [7, 11) is 1.81. The van der Waals surface area contributed by atoms with Crippen molar-refractivity contribution >= 4 is 17.5 Å². The summed E-state index contributed by atoms with van der Waals surface area (Å²) in [5, 5.41) is 4.02. The first-order valence-corrected chi connectivity index (χ1v) is 6.02. The highest BCUT2D eigenvalue weighted by molar-refractivity contribution is 6.18. The first-order valence-electron chi connectivity index (χ1n) is 5.49. The van der Waals surface area contributed by atoms with E-state index in [4.69, 9.17) is 11.6 Å². The van der Waals surface area contributed by atoms with Crippen LogP contribution in [0.15, 0.2) is 12.4 Å². The minimum Gasteiger partial charge on any atom is -0.334 e. The van der Waals surface area contributed by atoms with E-state index in [1.54, 1.807) is 17.1 Å². The number of hydrogen-bond donors (Lipinski definition) is 0. The van der Waals surface area contributed by atoms with Crippen LogP contribution in [-0.4, -0.2) is 39.1 Å². The average Bonchev–Trinajstić information content (AvgIpc) is 2.83. The van der Waals surface area contributed by atoms with Crippen LogP contribution >= 0.6 is 11.6 Å². The van der Waals surface area contributed by atoms with E-state index in [1.807, 2.05) is 11.9 Å². The van der Waals surface area contributed by atoms with Crippen LogP contribution in [0.3, 0.4) is 0 Å². The molecule has 0 aliphatic carbocycles. The average molecular weight is 242 g/mol. The number of rotatable bonds is 2. The van der Waals surface area contributed by atoms with Gasteiger partial charge in [0.05, 0.1) is 11.8 Å². The third-order valence-electron chi connectivity index (χ3n) is 3.25. The molecule has 0 bridgehead atoms. The Morgan fingerprint density at radius 2 is 2.44 bits per heavy atom. The molecule has 1 aliphatic rings. The molecule has 88 valence electrons. The molecule has 1 fully saturated rings. The molecule has 2 rings (SSSR count). The van der Waals surface area contributed by atoms with Gasteiger partial charge in [-0.15, -0.1) is 11.6 Å². The summed E-state index contributed by atoms with van der Waals surface area (Å²) in [6.45, 7) is 2.94. The normalized spacial score (nSPS) is 25.1. The summed E-state index contributed by atoms with van der Waals surface area (Å²) in [4.78, 5) is 14.1. The maximum absolute atomic E-state index is 12.2. The van der Waals surface area contributed by atoms with Gasteiger partial charge in [-0.25, -0.2) is 0 Å². The van der Waals surface area contributed by atoms with Gasteiger partial charge in [0.1, 0.15) is 0 Å². The monoisotopic (exact) mass is 241 g/mol. The van der Waals surface area contributed by atoms with Crippen molar-refractivity contribution < 1.29 is 4.79 Å². The Hall–Kier alpha value is -1.03. The number of carbonyl (C=O) groups is 1. The van der Waals surface area contributed by atoms with Crippen molar-refractivity contribution in [1.82, 2.24) is 14.7 Å². The van der Waals surface area contributed by atoms with E-state index in [0.29, 0.717) is 17.4 Å². The van der Waals surface area contributed by atoms with E-state index in [2.05, 4.69) is 12.0 Å². The Morgan fingerprint density at radius 1 is 1.69 bits per heavy atom. The van der Waals surface area contributed by atoms with Crippen LogP contribution in [0, 0.1) is 5.92 Å². The fourth-order valence-electron chi connectivity index (χ4n) is 2.19. The molecule has 1 aliphatic heterocycles. The number of carbonyl (C=O) groups excluding carboxylic acids is 1. The summed E-state index contributed by atoms with van der Waals surface area (Å²) in [5.41, 5.74) is 0.645. The van der Waals surface area contributed by atoms with E-state index in [-0.39, 0.29) is 11.9 Å². The van der Waals surface area contributed by atoms with Gasteiger partial charge in [0.2, 0.25) is 0 Å². The SMILES string of the molecule is CC1CCN(C(=O)c2cnn(C)c2)C1CCl. The third kappa shape index (κ3) is 1.94. The van der Waals surface area contributed by atoms with Gasteiger partial charge in [0.15, 0.2) is 0 Å². The molecule has 4 nitrogen and oxygen atoms in total. The molecule has 1 saturated heterocycles. The highest BCUT2D eigenvalue weighted by atomic mass is 35.5. The third-order valence-corrected chi connectivity index (χ3v) is 3.57. The summed E-state index contributed by atoms with van der Waals surface area (Å²) < 4.78 is 1.64. The highest BCUT2D eigenvalue weighted by Gasteiger charge is 2.34. The second-order valence-electron chi connectivity index (χ2n) is 4.39. The predicted octanol–water partition coefficient (Wildman–Crippen LogP) is 1.51. The van der Waals surface area contributed by atoms with Crippen LogP contribution in [0.5, 0.6) is 0 Å². The van der Waals surface area contributed by atoms with Crippen LogP contribution in [0.4, 0.5) is 0 Å². The number of likely N-dealkylation sites (tertiary alicyclic amines) is 1. The molecule has 5 heteroatoms. The van der Waals surface area contributed by atoms with E-state index in [0.717, 1.165) is 13.0 Å². The molecule has 0 radical (unpaired) electrons. The molecule has 2 unspecified atom stereocenters. The van der Waals surface area contributed by atoms with Crippen LogP contribution in [0.2, 0.25) is 0 Å². The summed E-state index contributed by atoms with van der Waals surface area (Å²) in [6.07, 6.45) is 4.39. The van der Waals surface area contributed by atoms with Crippen molar-refractivity contribution in [1.29, 1.82) is 0 Å². The molecule has 16 heavy (non-hydrogen) atoms. The zero-order valence-corrected chi connectivity index (χ0v) is 10.3. The van der Waals surface area contributed by atoms with Crippen molar-refractivity contribution in [3.8, 4) is 0 Å². The molecule has 0 aromatic carbocycles. The lowest BCUT2D eigenvalue weighted by Gasteiger charge is -2.24. The zero-order valence-electron chi connectivity index (χ0n) is 9.56. The fourth-order valence-corrected chi connectivity index (χ4v) is 2.66. The second kappa shape index (κ2) is 4.45. The van der Waals surface area contributed by atoms with Crippen LogP contribution in [0.1, 0.15) is 23.7 Å². The highest BCUT2D eigenvalue weighted by Crippen LogP contribution is 2.26. The van der Waals surface area contributed by atoms with Gasteiger partial charge < -0.3 is 4.90 Å². The van der Waals surface area contributed by atoms with Crippen molar-refractivity contribution in [2.45, 2.75) is 19.4 Å². The first-order chi connectivity index (χ1) is 7.63. The lowest BCUT2D eigenvalue weighted by molar-refractivity contribution is 0.0737. The lowest BCUT2D eigenvalue weighted by Crippen LogP contribution is -2.38. The molecule has 2 heterocycles. The lowest BCUT2D eigenvalue weighted by atomic mass is 10.0. The Kier molecular flexibility index (Phi) is 3.19. The molecule has 0 spiro atoms. The standard InChI is InChI=1S/C11H16ClN3O/c1-8-3-4-15(10(8)5-12)11(16)9-6-13-14(2)7-9/h6-8,10H,3-5H2,1-2H3. The number of halogens is 1. The minimum atomic E-state index is 0.0445. The van der Waals surface area contributed by atoms with Gasteiger partial charge in [-0.2, -0.15) is 5.10 Å². The molecule has 1 aromatic heterocycles. The van der Waals surface area contributed by atoms with Crippen molar-refractivity contribution in [3.63, 3.8) is 0 Å². The second-order valence-corrected chi connectivity index (χ2v) is 4.70. The molecule has 2 atom stereocenters. The number of alkyl halides is 1. The van der Waals surface area contributed by atoms with Crippen LogP contribution in [-0.2, 0) is 7.05 Å². The predicted molar refractivity (Wildman–Crippen MR) is 62.5 cm³/mol. The van der Waals surface area contributed by atoms with Crippen LogP contribution in [0.25, 0.3) is 0 Å². The van der Waals surface area contributed by atoms with E-state index >= 15 is 0 Å². The van der Waals surface area contributed by atoms with Crippen LogP contribution < -0.4 is 0 Å². The molecular formula is C11H16ClN3O.